The summed E-state index contributed by atoms with van der Waals surface area (Å²) in [5.74, 6) is 0. The second-order valence-electron chi connectivity index (χ2n) is 36.4. The summed E-state index contributed by atoms with van der Waals surface area (Å²) in [5, 5.41) is 12.8. The standard InChI is InChI=1S/C136H90N4O2/c1-8-43-91(44-9-1)100-59-41-61-103(84-100)137(119-75-34-28-63-105(119)92-45-10-2-11-46-92)125-87-129-133(114-72-25-22-69-111(114)125)134-115-73-26-23-70-112(115)126(88-130(134)141-129)138(120-76-35-29-64-106(120)93-47-12-3-13-48-93)104-62-42-60-101(85-104)98-57-40-58-99(83-98)102-81-82-117-118(86-102)128(140(123-79-38-32-67-109(123)96-53-18-6-19-54-96)124-80-39-33-68-110(124)97-55-20-7-21-56-97)90-132-136(117)135-116-74-27-24-71-113(116)127(89-131(135)142-132)139(121-77-36-30-65-107(121)94-49-14-4-15-50-94)122-78-37-31-66-108(122)95-51-16-5-17-52-95/h1-90H. The Labute approximate surface area is 823 Å². The lowest BCUT2D eigenvalue weighted by molar-refractivity contribution is 0.669. The first kappa shape index (κ1) is 83.7. The number of rotatable bonds is 21. The van der Waals surface area contributed by atoms with Gasteiger partial charge in [-0.2, -0.15) is 0 Å². The van der Waals surface area contributed by atoms with Gasteiger partial charge < -0.3 is 28.4 Å². The molecular weight excluding hydrogens is 1720 g/mol. The Morgan fingerprint density at radius 3 is 0.620 bits per heavy atom. The monoisotopic (exact) mass is 1810 g/mol. The van der Waals surface area contributed by atoms with Gasteiger partial charge in [-0.05, 0) is 161 Å². The van der Waals surface area contributed by atoms with Crippen molar-refractivity contribution in [3.05, 3.63) is 546 Å². The van der Waals surface area contributed by atoms with E-state index in [1.54, 1.807) is 0 Å². The molecule has 0 bridgehead atoms. The lowest BCUT2D eigenvalue weighted by Gasteiger charge is -2.31. The first-order chi connectivity index (χ1) is 70.5. The third kappa shape index (κ3) is 14.8. The van der Waals surface area contributed by atoms with Crippen molar-refractivity contribution in [1.29, 1.82) is 0 Å². The molecule has 0 saturated heterocycles. The normalized spacial score (nSPS) is 11.5. The minimum atomic E-state index is 0.758. The third-order valence-electron chi connectivity index (χ3n) is 28.2. The summed E-state index contributed by atoms with van der Waals surface area (Å²) in [6, 6.07) is 199. The van der Waals surface area contributed by atoms with Gasteiger partial charge in [-0.15, -0.1) is 0 Å². The van der Waals surface area contributed by atoms with Crippen molar-refractivity contribution >= 4 is 155 Å². The van der Waals surface area contributed by atoms with Crippen molar-refractivity contribution in [3.8, 4) is 100 Å². The van der Waals surface area contributed by atoms with E-state index in [9.17, 15) is 0 Å². The molecule has 2 heterocycles. The van der Waals surface area contributed by atoms with Gasteiger partial charge in [0.25, 0.3) is 0 Å². The predicted octanol–water partition coefficient (Wildman–Crippen LogP) is 39.0. The highest BCUT2D eigenvalue weighted by molar-refractivity contribution is 6.33. The molecular formula is C136H90N4O2. The molecule has 0 aliphatic heterocycles. The topological polar surface area (TPSA) is 39.2 Å². The van der Waals surface area contributed by atoms with Crippen LogP contribution in [0, 0.1) is 0 Å². The van der Waals surface area contributed by atoms with E-state index < -0.39 is 0 Å². The molecule has 2 aromatic heterocycles. The van der Waals surface area contributed by atoms with Crippen LogP contribution < -0.4 is 19.6 Å². The molecule has 26 rings (SSSR count). The highest BCUT2D eigenvalue weighted by Crippen LogP contribution is 2.57. The number of fused-ring (bicyclic) bond motifs is 14. The highest BCUT2D eigenvalue weighted by atomic mass is 16.3. The van der Waals surface area contributed by atoms with Gasteiger partial charge in [-0.3, -0.25) is 0 Å². The van der Waals surface area contributed by atoms with Gasteiger partial charge in [0.05, 0.1) is 56.9 Å². The van der Waals surface area contributed by atoms with Crippen molar-refractivity contribution in [1.82, 2.24) is 0 Å². The van der Waals surface area contributed by atoms with E-state index in [2.05, 4.69) is 566 Å². The van der Waals surface area contributed by atoms with Gasteiger partial charge in [0.15, 0.2) is 0 Å². The number of para-hydroxylation sites is 6. The number of furan rings is 2. The molecule has 666 valence electrons. The van der Waals surface area contributed by atoms with E-state index in [0.29, 0.717) is 0 Å². The maximum Gasteiger partial charge on any atom is 0.138 e. The molecule has 0 aliphatic rings. The summed E-state index contributed by atoms with van der Waals surface area (Å²) in [6.07, 6.45) is 0. The zero-order valence-corrected chi connectivity index (χ0v) is 77.6. The van der Waals surface area contributed by atoms with Crippen LogP contribution in [0.4, 0.5) is 68.2 Å². The lowest BCUT2D eigenvalue weighted by Crippen LogP contribution is -2.13. The van der Waals surface area contributed by atoms with E-state index in [-0.39, 0.29) is 0 Å². The first-order valence-corrected chi connectivity index (χ1v) is 48.6. The van der Waals surface area contributed by atoms with Crippen LogP contribution in [0.1, 0.15) is 0 Å². The Morgan fingerprint density at radius 1 is 0.113 bits per heavy atom. The Bertz CT molecular complexity index is 9140. The second-order valence-corrected chi connectivity index (χ2v) is 36.4. The zero-order valence-electron chi connectivity index (χ0n) is 77.6. The van der Waals surface area contributed by atoms with Crippen molar-refractivity contribution < 1.29 is 8.83 Å². The van der Waals surface area contributed by atoms with Gasteiger partial charge in [0, 0.05) is 112 Å². The molecule has 0 saturated carbocycles. The fraction of sp³-hybridized carbons (Fsp3) is 0. The molecule has 0 radical (unpaired) electrons. The zero-order chi connectivity index (χ0) is 93.9. The molecule has 0 amide bonds. The summed E-state index contributed by atoms with van der Waals surface area (Å²) >= 11 is 0. The summed E-state index contributed by atoms with van der Waals surface area (Å²) in [5.41, 5.74) is 34.8. The summed E-state index contributed by atoms with van der Waals surface area (Å²) in [6.45, 7) is 0. The molecule has 0 aliphatic carbocycles. The Kier molecular flexibility index (Phi) is 21.2. The van der Waals surface area contributed by atoms with Crippen LogP contribution in [0.2, 0.25) is 0 Å². The molecule has 26 aromatic rings. The van der Waals surface area contributed by atoms with E-state index >= 15 is 0 Å². The van der Waals surface area contributed by atoms with Gasteiger partial charge in [-0.1, -0.05) is 449 Å². The Morgan fingerprint density at radius 2 is 0.317 bits per heavy atom. The van der Waals surface area contributed by atoms with Gasteiger partial charge >= 0.3 is 0 Å². The maximum absolute atomic E-state index is 7.81. The summed E-state index contributed by atoms with van der Waals surface area (Å²) in [7, 11) is 0. The summed E-state index contributed by atoms with van der Waals surface area (Å²) in [4.78, 5) is 9.88. The van der Waals surface area contributed by atoms with Crippen LogP contribution in [0.5, 0.6) is 0 Å². The molecule has 6 nitrogen and oxygen atoms in total. The van der Waals surface area contributed by atoms with Crippen molar-refractivity contribution in [2.45, 2.75) is 0 Å². The average molecular weight is 1810 g/mol. The van der Waals surface area contributed by atoms with E-state index in [1.807, 2.05) is 0 Å². The van der Waals surface area contributed by atoms with Crippen LogP contribution in [0.25, 0.3) is 187 Å². The molecule has 0 spiro atoms. The van der Waals surface area contributed by atoms with Crippen molar-refractivity contribution in [3.63, 3.8) is 0 Å². The number of anilines is 12. The van der Waals surface area contributed by atoms with Crippen LogP contribution in [0.15, 0.2) is 555 Å². The summed E-state index contributed by atoms with van der Waals surface area (Å²) < 4.78 is 15.5. The third-order valence-corrected chi connectivity index (χ3v) is 28.2. The first-order valence-electron chi connectivity index (χ1n) is 48.6. The SMILES string of the molecule is c1ccc(-c2cccc(N(c3ccccc3-c3ccccc3)c3cc4oc5cc(N(c6cccc(-c7cccc(-c8ccc9c(c8)c(N(c8ccccc8-c8ccccc8)c8ccccc8-c8ccccc8)cc8oc%10cc(N(c%11ccccc%11-c%11ccccc%11)c%11ccccc%11-c%11ccccc%11)c%11ccccc%11c%10c89)c7)c6)c6ccccc6-c6ccccc6)c6ccccc6c5c4c4ccccc34)c2)cc1. The van der Waals surface area contributed by atoms with E-state index in [1.165, 1.54) is 0 Å². The largest absolute Gasteiger partial charge is 0.456 e. The Balaban J connectivity index is 0.670. The maximum atomic E-state index is 7.81. The van der Waals surface area contributed by atoms with Crippen molar-refractivity contribution in [2.75, 3.05) is 19.6 Å². The fourth-order valence-corrected chi connectivity index (χ4v) is 21.8. The minimum Gasteiger partial charge on any atom is -0.456 e. The van der Waals surface area contributed by atoms with Gasteiger partial charge in [-0.25, -0.2) is 0 Å². The lowest BCUT2D eigenvalue weighted by atomic mass is 9.92. The Hall–Kier alpha value is -18.9. The number of nitrogens with zero attached hydrogens (tertiary/aromatic N) is 4. The smallest absolute Gasteiger partial charge is 0.138 e. The number of hydrogen-bond donors (Lipinski definition) is 0. The fourth-order valence-electron chi connectivity index (χ4n) is 21.8. The van der Waals surface area contributed by atoms with E-state index in [0.717, 1.165) is 255 Å². The molecule has 0 fully saturated rings. The van der Waals surface area contributed by atoms with Gasteiger partial charge in [0.1, 0.15) is 22.3 Å². The molecule has 0 N–H and O–H groups in total. The van der Waals surface area contributed by atoms with Crippen LogP contribution in [-0.4, -0.2) is 0 Å². The van der Waals surface area contributed by atoms with Crippen LogP contribution in [0.3, 0.4) is 0 Å². The highest BCUT2D eigenvalue weighted by Gasteiger charge is 2.32. The quantitative estimate of drug-likeness (QED) is 0.0714. The molecule has 0 unspecified atom stereocenters. The number of benzene rings is 24. The molecule has 142 heavy (non-hydrogen) atoms. The average Bonchev–Trinajstić information content (AvgIpc) is 1.54. The second kappa shape index (κ2) is 36.0. The van der Waals surface area contributed by atoms with E-state index in [4.69, 9.17) is 8.83 Å². The number of hydrogen-bond acceptors (Lipinski definition) is 6. The van der Waals surface area contributed by atoms with Crippen LogP contribution in [-0.2, 0) is 0 Å². The van der Waals surface area contributed by atoms with Gasteiger partial charge in [0.2, 0.25) is 0 Å². The molecule has 6 heteroatoms. The molecule has 24 aromatic carbocycles. The predicted molar refractivity (Wildman–Crippen MR) is 599 cm³/mol. The molecule has 0 atom stereocenters. The van der Waals surface area contributed by atoms with Crippen LogP contribution >= 0.6 is 0 Å². The van der Waals surface area contributed by atoms with Crippen molar-refractivity contribution in [2.24, 2.45) is 0 Å². The minimum absolute atomic E-state index is 0.758.